The van der Waals surface area contributed by atoms with Crippen molar-refractivity contribution in [1.29, 1.82) is 0 Å². The van der Waals surface area contributed by atoms with E-state index in [9.17, 15) is 19.8 Å². The van der Waals surface area contributed by atoms with E-state index < -0.39 is 11.9 Å². The Morgan fingerprint density at radius 1 is 0.750 bits per heavy atom. The lowest BCUT2D eigenvalue weighted by Crippen LogP contribution is -2.00. The lowest BCUT2D eigenvalue weighted by Gasteiger charge is -2.16. The van der Waals surface area contributed by atoms with Crippen molar-refractivity contribution in [3.05, 3.63) is 35.4 Å². The molecule has 2 aromatic rings. The number of hydrogen-bond acceptors (Lipinski definition) is 6. The third kappa shape index (κ3) is 4.85. The monoisotopic (exact) mass is 390 g/mol. The van der Waals surface area contributed by atoms with Crippen LogP contribution in [0.5, 0.6) is 23.0 Å². The van der Waals surface area contributed by atoms with Gasteiger partial charge in [0.05, 0.1) is 14.2 Å². The van der Waals surface area contributed by atoms with E-state index in [0.717, 1.165) is 0 Å². The van der Waals surface area contributed by atoms with Gasteiger partial charge in [-0.2, -0.15) is 0 Å². The second-order valence-corrected chi connectivity index (χ2v) is 6.18. The van der Waals surface area contributed by atoms with Crippen molar-refractivity contribution in [2.45, 2.75) is 25.7 Å². The van der Waals surface area contributed by atoms with Crippen molar-refractivity contribution in [3.8, 4) is 34.1 Å². The molecule has 0 atom stereocenters. The minimum atomic E-state index is -0.964. The largest absolute Gasteiger partial charge is 0.504 e. The van der Waals surface area contributed by atoms with Crippen LogP contribution < -0.4 is 9.47 Å². The number of aryl methyl sites for hydroxylation is 2. The summed E-state index contributed by atoms with van der Waals surface area (Å²) in [5, 5.41) is 38.9. The first kappa shape index (κ1) is 20.9. The Morgan fingerprint density at radius 3 is 1.39 bits per heavy atom. The predicted octanol–water partition coefficient (Wildman–Crippen LogP) is 2.82. The van der Waals surface area contributed by atoms with Crippen LogP contribution in [0, 0.1) is 0 Å². The topological polar surface area (TPSA) is 134 Å². The number of carboxylic acid groups (broad SMARTS) is 2. The summed E-state index contributed by atoms with van der Waals surface area (Å²) in [6.45, 7) is 0. The molecule has 8 nitrogen and oxygen atoms in total. The Labute approximate surface area is 161 Å². The highest BCUT2D eigenvalue weighted by molar-refractivity contribution is 5.81. The van der Waals surface area contributed by atoms with Crippen LogP contribution in [0.2, 0.25) is 0 Å². The van der Waals surface area contributed by atoms with Crippen LogP contribution in [0.3, 0.4) is 0 Å². The fraction of sp³-hybridized carbons (Fsp3) is 0.300. The molecule has 0 aliphatic rings. The molecule has 150 valence electrons. The molecule has 0 unspecified atom stereocenters. The molecule has 0 bridgehead atoms. The summed E-state index contributed by atoms with van der Waals surface area (Å²) >= 11 is 0. The van der Waals surface area contributed by atoms with Gasteiger partial charge in [-0.1, -0.05) is 0 Å². The average Bonchev–Trinajstić information content (AvgIpc) is 2.66. The molecular weight excluding hydrogens is 368 g/mol. The van der Waals surface area contributed by atoms with Crippen LogP contribution in [-0.2, 0) is 22.4 Å². The number of aromatic hydroxyl groups is 2. The van der Waals surface area contributed by atoms with Crippen molar-refractivity contribution < 1.29 is 39.5 Å². The molecule has 0 amide bonds. The number of methoxy groups -OCH3 is 2. The number of rotatable bonds is 9. The molecule has 0 aromatic heterocycles. The number of carboxylic acids is 2. The molecule has 0 fully saturated rings. The first-order valence-corrected chi connectivity index (χ1v) is 8.50. The third-order valence-electron chi connectivity index (χ3n) is 4.25. The van der Waals surface area contributed by atoms with Crippen molar-refractivity contribution >= 4 is 11.9 Å². The second-order valence-electron chi connectivity index (χ2n) is 6.18. The number of carbonyl (C=O) groups is 2. The van der Waals surface area contributed by atoms with Gasteiger partial charge in [0, 0.05) is 24.0 Å². The van der Waals surface area contributed by atoms with E-state index in [1.54, 1.807) is 12.1 Å². The highest BCUT2D eigenvalue weighted by Crippen LogP contribution is 2.45. The smallest absolute Gasteiger partial charge is 0.303 e. The van der Waals surface area contributed by atoms with Crippen LogP contribution in [0.4, 0.5) is 0 Å². The van der Waals surface area contributed by atoms with Gasteiger partial charge >= 0.3 is 11.9 Å². The van der Waals surface area contributed by atoms with Crippen molar-refractivity contribution in [2.24, 2.45) is 0 Å². The lowest BCUT2D eigenvalue weighted by molar-refractivity contribution is -0.138. The highest BCUT2D eigenvalue weighted by Gasteiger charge is 2.19. The number of ether oxygens (including phenoxy) is 2. The lowest BCUT2D eigenvalue weighted by atomic mass is 9.95. The van der Waals surface area contributed by atoms with Gasteiger partial charge < -0.3 is 29.9 Å². The summed E-state index contributed by atoms with van der Waals surface area (Å²) in [6.07, 6.45) is 0.188. The Balaban J connectivity index is 2.60. The minimum absolute atomic E-state index is 0.110. The summed E-state index contributed by atoms with van der Waals surface area (Å²) in [5.41, 5.74) is 1.66. The summed E-state index contributed by atoms with van der Waals surface area (Å²) < 4.78 is 10.3. The predicted molar refractivity (Wildman–Crippen MR) is 100 cm³/mol. The van der Waals surface area contributed by atoms with Gasteiger partial charge in [0.1, 0.15) is 0 Å². The number of phenolic OH excluding ortho intramolecular Hbond substituents is 2. The van der Waals surface area contributed by atoms with Gasteiger partial charge in [-0.15, -0.1) is 0 Å². The van der Waals surface area contributed by atoms with Crippen LogP contribution in [0.25, 0.3) is 11.1 Å². The molecular formula is C20H22O8. The van der Waals surface area contributed by atoms with Gasteiger partial charge in [-0.05, 0) is 48.2 Å². The summed E-state index contributed by atoms with van der Waals surface area (Å²) in [6, 6.07) is 6.20. The summed E-state index contributed by atoms with van der Waals surface area (Å²) in [4.78, 5) is 21.7. The molecule has 28 heavy (non-hydrogen) atoms. The van der Waals surface area contributed by atoms with E-state index in [4.69, 9.17) is 19.7 Å². The number of hydrogen-bond donors (Lipinski definition) is 4. The second kappa shape index (κ2) is 8.98. The number of benzene rings is 2. The molecule has 0 aliphatic heterocycles. The average molecular weight is 390 g/mol. The van der Waals surface area contributed by atoms with Gasteiger partial charge in [0.2, 0.25) is 0 Å². The van der Waals surface area contributed by atoms with Gasteiger partial charge in [-0.3, -0.25) is 9.59 Å². The van der Waals surface area contributed by atoms with Gasteiger partial charge in [-0.25, -0.2) is 0 Å². The first-order chi connectivity index (χ1) is 13.3. The van der Waals surface area contributed by atoms with Crippen LogP contribution in [-0.4, -0.2) is 46.6 Å². The van der Waals surface area contributed by atoms with E-state index in [1.807, 2.05) is 0 Å². The molecule has 2 aromatic carbocycles. The van der Waals surface area contributed by atoms with E-state index in [-0.39, 0.29) is 59.8 Å². The summed E-state index contributed by atoms with van der Waals surface area (Å²) in [5.74, 6) is -2.12. The van der Waals surface area contributed by atoms with Gasteiger partial charge in [0.25, 0.3) is 0 Å². The highest BCUT2D eigenvalue weighted by atomic mass is 16.5. The zero-order valence-corrected chi connectivity index (χ0v) is 15.6. The van der Waals surface area contributed by atoms with Crippen LogP contribution >= 0.6 is 0 Å². The molecule has 8 heteroatoms. The normalized spacial score (nSPS) is 10.5. The fourth-order valence-corrected chi connectivity index (χ4v) is 2.84. The zero-order valence-electron chi connectivity index (χ0n) is 15.6. The minimum Gasteiger partial charge on any atom is -0.504 e. The molecule has 0 spiro atoms. The van der Waals surface area contributed by atoms with Gasteiger partial charge in [0.15, 0.2) is 23.0 Å². The molecule has 0 saturated heterocycles. The van der Waals surface area contributed by atoms with Crippen molar-refractivity contribution in [1.82, 2.24) is 0 Å². The Kier molecular flexibility index (Phi) is 6.70. The molecule has 0 heterocycles. The molecule has 0 saturated carbocycles. The van der Waals surface area contributed by atoms with Crippen LogP contribution in [0.15, 0.2) is 24.3 Å². The maximum atomic E-state index is 10.9. The third-order valence-corrected chi connectivity index (χ3v) is 4.25. The van der Waals surface area contributed by atoms with Crippen LogP contribution in [0.1, 0.15) is 24.0 Å². The van der Waals surface area contributed by atoms with E-state index >= 15 is 0 Å². The zero-order chi connectivity index (χ0) is 20.8. The quantitative estimate of drug-likeness (QED) is 0.514. The Hall–Kier alpha value is -3.42. The van der Waals surface area contributed by atoms with Crippen molar-refractivity contribution in [3.63, 3.8) is 0 Å². The van der Waals surface area contributed by atoms with E-state index in [2.05, 4.69) is 0 Å². The maximum absolute atomic E-state index is 10.9. The standard InChI is InChI=1S/C20H22O8/c1-27-15-9-11(3-5-17(21)22)7-13(19(15)25)14-8-12(4-6-18(23)24)10-16(28-2)20(14)26/h7-10,25-26H,3-6H2,1-2H3,(H,21,22)(H,23,24). The number of aliphatic carboxylic acids is 2. The molecule has 2 rings (SSSR count). The Morgan fingerprint density at radius 2 is 1.11 bits per heavy atom. The van der Waals surface area contributed by atoms with Crippen molar-refractivity contribution in [2.75, 3.05) is 14.2 Å². The maximum Gasteiger partial charge on any atom is 0.303 e. The van der Waals surface area contributed by atoms with E-state index in [0.29, 0.717) is 11.1 Å². The first-order valence-electron chi connectivity index (χ1n) is 8.50. The number of phenols is 2. The fourth-order valence-electron chi connectivity index (χ4n) is 2.84. The SMILES string of the molecule is COc1cc(CCC(=O)O)cc(-c2cc(CCC(=O)O)cc(OC)c2O)c1O. The molecule has 0 radical (unpaired) electrons. The van der Waals surface area contributed by atoms with E-state index in [1.165, 1.54) is 26.4 Å². The molecule has 4 N–H and O–H groups in total. The molecule has 0 aliphatic carbocycles. The summed E-state index contributed by atoms with van der Waals surface area (Å²) in [7, 11) is 2.73. The Bertz CT molecular complexity index is 815.